The van der Waals surface area contributed by atoms with Crippen molar-refractivity contribution in [2.45, 2.75) is 39.7 Å². The van der Waals surface area contributed by atoms with Crippen LogP contribution in [-0.4, -0.2) is 21.8 Å². The average molecular weight is 389 g/mol. The molecule has 150 valence electrons. The first-order valence-corrected chi connectivity index (χ1v) is 9.76. The summed E-state index contributed by atoms with van der Waals surface area (Å²) in [6.45, 7) is 6.16. The highest BCUT2D eigenvalue weighted by Gasteiger charge is 2.11. The van der Waals surface area contributed by atoms with E-state index < -0.39 is 6.10 Å². The Kier molecular flexibility index (Phi) is 6.62. The molecule has 2 aromatic carbocycles. The minimum absolute atomic E-state index is 0.204. The van der Waals surface area contributed by atoms with E-state index in [0.717, 1.165) is 28.2 Å². The van der Waals surface area contributed by atoms with Crippen LogP contribution < -0.4 is 5.43 Å². The second-order valence-corrected chi connectivity index (χ2v) is 7.26. The van der Waals surface area contributed by atoms with Gasteiger partial charge in [-0.2, -0.15) is 5.10 Å². The van der Waals surface area contributed by atoms with Crippen LogP contribution in [0.15, 0.2) is 65.8 Å². The summed E-state index contributed by atoms with van der Waals surface area (Å²) in [5, 5.41) is 14.2. The number of nitrogens with zero attached hydrogens (tertiary/aromatic N) is 2. The van der Waals surface area contributed by atoms with Crippen molar-refractivity contribution >= 4 is 12.1 Å². The molecule has 1 amide bonds. The van der Waals surface area contributed by atoms with Crippen LogP contribution in [0.2, 0.25) is 0 Å². The van der Waals surface area contributed by atoms with Gasteiger partial charge in [0.15, 0.2) is 0 Å². The fourth-order valence-electron chi connectivity index (χ4n) is 3.42. The lowest BCUT2D eigenvalue weighted by Crippen LogP contribution is -2.18. The molecule has 0 radical (unpaired) electrons. The molecule has 29 heavy (non-hydrogen) atoms. The fourth-order valence-corrected chi connectivity index (χ4v) is 3.42. The number of hydrazone groups is 1. The van der Waals surface area contributed by atoms with Crippen molar-refractivity contribution in [3.05, 3.63) is 88.7 Å². The SMILES string of the molecule is Cc1cccc(-n2c(C)cc(/C=N\NC(=O)CC[C@H](O)c3ccccc3)c2C)c1. The van der Waals surface area contributed by atoms with E-state index in [4.69, 9.17) is 0 Å². The Morgan fingerprint density at radius 3 is 2.59 bits per heavy atom. The molecule has 0 saturated heterocycles. The number of aliphatic hydroxyl groups excluding tert-OH is 1. The lowest BCUT2D eigenvalue weighted by molar-refractivity contribution is -0.121. The van der Waals surface area contributed by atoms with E-state index in [0.29, 0.717) is 6.42 Å². The number of aromatic nitrogens is 1. The van der Waals surface area contributed by atoms with Crippen LogP contribution in [0.3, 0.4) is 0 Å². The molecule has 0 aliphatic carbocycles. The predicted octanol–water partition coefficient (Wildman–Crippen LogP) is 4.37. The zero-order chi connectivity index (χ0) is 20.8. The molecular formula is C24H27N3O2. The van der Waals surface area contributed by atoms with Gasteiger partial charge >= 0.3 is 0 Å². The molecule has 3 rings (SSSR count). The number of amides is 1. The van der Waals surface area contributed by atoms with Crippen LogP contribution in [0.4, 0.5) is 0 Å². The summed E-state index contributed by atoms with van der Waals surface area (Å²) in [6, 6.07) is 19.7. The van der Waals surface area contributed by atoms with Gasteiger partial charge in [0.2, 0.25) is 5.91 Å². The Bertz CT molecular complexity index is 1010. The standard InChI is InChI=1S/C24H27N3O2/c1-17-8-7-11-22(14-17)27-18(2)15-21(19(27)3)16-25-26-24(29)13-12-23(28)20-9-5-4-6-10-20/h4-11,14-16,23,28H,12-13H2,1-3H3,(H,26,29)/b25-16-/t23-/m0/s1. The molecule has 0 spiro atoms. The minimum atomic E-state index is -0.654. The first kappa shape index (κ1) is 20.6. The van der Waals surface area contributed by atoms with Crippen LogP contribution >= 0.6 is 0 Å². The Morgan fingerprint density at radius 1 is 1.10 bits per heavy atom. The highest BCUT2D eigenvalue weighted by Crippen LogP contribution is 2.20. The summed E-state index contributed by atoms with van der Waals surface area (Å²) >= 11 is 0. The van der Waals surface area contributed by atoms with Gasteiger partial charge in [-0.15, -0.1) is 0 Å². The molecule has 1 aromatic heterocycles. The summed E-state index contributed by atoms with van der Waals surface area (Å²) in [5.74, 6) is -0.219. The number of carbonyl (C=O) groups is 1. The Balaban J connectivity index is 1.59. The lowest BCUT2D eigenvalue weighted by Gasteiger charge is -2.10. The first-order valence-electron chi connectivity index (χ1n) is 9.76. The largest absolute Gasteiger partial charge is 0.388 e. The number of hydrogen-bond acceptors (Lipinski definition) is 3. The zero-order valence-electron chi connectivity index (χ0n) is 17.1. The van der Waals surface area contributed by atoms with Crippen molar-refractivity contribution in [1.82, 2.24) is 9.99 Å². The van der Waals surface area contributed by atoms with Crippen molar-refractivity contribution < 1.29 is 9.90 Å². The molecule has 0 aliphatic rings. The molecule has 0 fully saturated rings. The molecule has 5 nitrogen and oxygen atoms in total. The van der Waals surface area contributed by atoms with E-state index in [2.05, 4.69) is 47.1 Å². The van der Waals surface area contributed by atoms with Gasteiger partial charge in [0.25, 0.3) is 0 Å². The fraction of sp³-hybridized carbons (Fsp3) is 0.250. The molecule has 1 heterocycles. The predicted molar refractivity (Wildman–Crippen MR) is 116 cm³/mol. The number of hydrogen-bond donors (Lipinski definition) is 2. The van der Waals surface area contributed by atoms with E-state index in [1.165, 1.54) is 5.56 Å². The molecule has 1 atom stereocenters. The van der Waals surface area contributed by atoms with Crippen LogP contribution in [0.25, 0.3) is 5.69 Å². The Hall–Kier alpha value is -3.18. The maximum atomic E-state index is 12.0. The molecule has 2 N–H and O–H groups in total. The van der Waals surface area contributed by atoms with Crippen LogP contribution in [0.1, 0.15) is 47.0 Å². The second kappa shape index (κ2) is 9.34. The Morgan fingerprint density at radius 2 is 1.86 bits per heavy atom. The Labute approximate surface area is 171 Å². The van der Waals surface area contributed by atoms with Crippen LogP contribution in [0.5, 0.6) is 0 Å². The van der Waals surface area contributed by atoms with Crippen molar-refractivity contribution in [2.75, 3.05) is 0 Å². The average Bonchev–Trinajstić information content (AvgIpc) is 3.00. The summed E-state index contributed by atoms with van der Waals surface area (Å²) in [4.78, 5) is 12.0. The topological polar surface area (TPSA) is 66.6 Å². The monoisotopic (exact) mass is 389 g/mol. The van der Waals surface area contributed by atoms with Crippen molar-refractivity contribution in [3.8, 4) is 5.69 Å². The second-order valence-electron chi connectivity index (χ2n) is 7.26. The van der Waals surface area contributed by atoms with Crippen molar-refractivity contribution in [3.63, 3.8) is 0 Å². The molecule has 0 aliphatic heterocycles. The molecule has 3 aromatic rings. The summed E-state index contributed by atoms with van der Waals surface area (Å²) in [7, 11) is 0. The van der Waals surface area contributed by atoms with Crippen LogP contribution in [0, 0.1) is 20.8 Å². The maximum absolute atomic E-state index is 12.0. The summed E-state index contributed by atoms with van der Waals surface area (Å²) < 4.78 is 2.17. The smallest absolute Gasteiger partial charge is 0.240 e. The molecule has 0 saturated carbocycles. The number of rotatable bonds is 7. The highest BCUT2D eigenvalue weighted by atomic mass is 16.3. The minimum Gasteiger partial charge on any atom is -0.388 e. The first-order chi connectivity index (χ1) is 14.0. The van der Waals surface area contributed by atoms with Gasteiger partial charge < -0.3 is 9.67 Å². The molecule has 5 heteroatoms. The number of carbonyl (C=O) groups excluding carboxylic acids is 1. The zero-order valence-corrected chi connectivity index (χ0v) is 17.1. The van der Waals surface area contributed by atoms with Crippen LogP contribution in [-0.2, 0) is 4.79 Å². The van der Waals surface area contributed by atoms with Gasteiger partial charge in [0, 0.05) is 29.1 Å². The van der Waals surface area contributed by atoms with Gasteiger partial charge in [-0.25, -0.2) is 5.43 Å². The maximum Gasteiger partial charge on any atom is 0.240 e. The normalized spacial score (nSPS) is 12.3. The van der Waals surface area contributed by atoms with E-state index in [1.807, 2.05) is 49.4 Å². The quantitative estimate of drug-likeness (QED) is 0.466. The van der Waals surface area contributed by atoms with Gasteiger partial charge in [-0.1, -0.05) is 42.5 Å². The van der Waals surface area contributed by atoms with E-state index >= 15 is 0 Å². The van der Waals surface area contributed by atoms with E-state index in [1.54, 1.807) is 6.21 Å². The summed E-state index contributed by atoms with van der Waals surface area (Å²) in [6.07, 6.45) is 1.57. The summed E-state index contributed by atoms with van der Waals surface area (Å²) in [5.41, 5.74) is 8.80. The molecule has 0 unspecified atom stereocenters. The number of nitrogens with one attached hydrogen (secondary N) is 1. The number of aliphatic hydroxyl groups is 1. The third-order valence-corrected chi connectivity index (χ3v) is 4.95. The number of benzene rings is 2. The molecule has 0 bridgehead atoms. The molecular weight excluding hydrogens is 362 g/mol. The van der Waals surface area contributed by atoms with Gasteiger partial charge in [0.1, 0.15) is 0 Å². The van der Waals surface area contributed by atoms with Gasteiger partial charge in [0.05, 0.1) is 12.3 Å². The van der Waals surface area contributed by atoms with Crippen molar-refractivity contribution in [2.24, 2.45) is 5.10 Å². The van der Waals surface area contributed by atoms with Gasteiger partial charge in [-0.05, 0) is 56.5 Å². The highest BCUT2D eigenvalue weighted by molar-refractivity contribution is 5.84. The van der Waals surface area contributed by atoms with Gasteiger partial charge in [-0.3, -0.25) is 4.79 Å². The third-order valence-electron chi connectivity index (χ3n) is 4.95. The number of aryl methyl sites for hydroxylation is 2. The van der Waals surface area contributed by atoms with Crippen molar-refractivity contribution in [1.29, 1.82) is 0 Å². The van der Waals surface area contributed by atoms with E-state index in [-0.39, 0.29) is 12.3 Å². The van der Waals surface area contributed by atoms with E-state index in [9.17, 15) is 9.90 Å². The lowest BCUT2D eigenvalue weighted by atomic mass is 10.1. The third kappa shape index (κ3) is 5.21.